The third-order valence-corrected chi connectivity index (χ3v) is 3.14. The van der Waals surface area contributed by atoms with Crippen molar-refractivity contribution in [1.29, 1.82) is 0 Å². The lowest BCUT2D eigenvalue weighted by Gasteiger charge is -2.25. The maximum atomic E-state index is 5.78. The summed E-state index contributed by atoms with van der Waals surface area (Å²) in [4.78, 5) is 0. The first kappa shape index (κ1) is 10.1. The summed E-state index contributed by atoms with van der Waals surface area (Å²) in [7, 11) is 0. The van der Waals surface area contributed by atoms with E-state index in [1.54, 1.807) is 0 Å². The van der Waals surface area contributed by atoms with Crippen LogP contribution in [0.4, 0.5) is 5.95 Å². The molecule has 0 unspecified atom stereocenters. The normalized spacial score (nSPS) is 18.9. The smallest absolute Gasteiger partial charge is 0.240 e. The fraction of sp³-hybridized carbons (Fsp3) is 0.273. The van der Waals surface area contributed by atoms with E-state index in [9.17, 15) is 0 Å². The Bertz CT molecular complexity index is 547. The van der Waals surface area contributed by atoms with E-state index in [0.29, 0.717) is 5.82 Å². The van der Waals surface area contributed by atoms with Crippen molar-refractivity contribution in [3.05, 3.63) is 41.2 Å². The van der Waals surface area contributed by atoms with Crippen LogP contribution >= 0.6 is 0 Å². The van der Waals surface area contributed by atoms with Crippen LogP contribution in [0.1, 0.15) is 23.0 Å². The first-order chi connectivity index (χ1) is 8.25. The maximum absolute atomic E-state index is 5.78. The molecule has 0 saturated carbocycles. The van der Waals surface area contributed by atoms with E-state index in [-0.39, 0.29) is 12.0 Å². The number of hydrogen-bond donors (Lipinski definition) is 3. The molecule has 0 saturated heterocycles. The number of hydrogen-bond acceptors (Lipinski definition) is 5. The Balaban J connectivity index is 1.92. The summed E-state index contributed by atoms with van der Waals surface area (Å²) in [5.74, 6) is 6.69. The van der Waals surface area contributed by atoms with Gasteiger partial charge in [0.25, 0.3) is 0 Å². The number of nitrogens with two attached hydrogens (primary N) is 2. The molecular weight excluding hydrogens is 216 g/mol. The summed E-state index contributed by atoms with van der Waals surface area (Å²) in [5, 5.41) is 11.2. The van der Waals surface area contributed by atoms with Gasteiger partial charge in [0.2, 0.25) is 5.95 Å². The number of rotatable bonds is 1. The lowest BCUT2D eigenvalue weighted by Crippen LogP contribution is -2.32. The lowest BCUT2D eigenvalue weighted by atomic mass is 9.95. The molecule has 0 spiro atoms. The predicted molar refractivity (Wildman–Crippen MR) is 64.3 cm³/mol. The molecule has 88 valence electrons. The Morgan fingerprint density at radius 1 is 1.24 bits per heavy atom. The molecule has 1 aromatic carbocycles. The molecule has 0 bridgehead atoms. The molecule has 2 heterocycles. The van der Waals surface area contributed by atoms with Gasteiger partial charge in [-0.25, -0.2) is 4.68 Å². The molecule has 0 amide bonds. The number of nitrogens with zero attached hydrogens (tertiary/aromatic N) is 3. The second kappa shape index (κ2) is 3.74. The Labute approximate surface area is 98.6 Å². The van der Waals surface area contributed by atoms with Gasteiger partial charge < -0.3 is 16.9 Å². The second-order valence-corrected chi connectivity index (χ2v) is 4.19. The van der Waals surface area contributed by atoms with Gasteiger partial charge in [-0.3, -0.25) is 0 Å². The predicted octanol–water partition coefficient (Wildman–Crippen LogP) is -0.0389. The van der Waals surface area contributed by atoms with E-state index >= 15 is 0 Å². The third-order valence-electron chi connectivity index (χ3n) is 3.14. The van der Waals surface area contributed by atoms with Gasteiger partial charge in [0.05, 0.1) is 6.04 Å². The van der Waals surface area contributed by atoms with Crippen molar-refractivity contribution in [1.82, 2.24) is 20.2 Å². The standard InChI is InChI=1S/C11H14N6/c12-11-16-15-10(17(11)13)9-5-7-3-1-2-4-8(7)6-14-9/h1-4,9,14H,5-6,13H2,(H2,12,16)/t9-/m1/s1. The van der Waals surface area contributed by atoms with E-state index in [1.165, 1.54) is 15.8 Å². The summed E-state index contributed by atoms with van der Waals surface area (Å²) < 4.78 is 1.34. The van der Waals surface area contributed by atoms with Gasteiger partial charge in [-0.2, -0.15) is 0 Å². The summed E-state index contributed by atoms with van der Waals surface area (Å²) in [5.41, 5.74) is 8.22. The van der Waals surface area contributed by atoms with E-state index in [1.807, 2.05) is 12.1 Å². The molecule has 3 rings (SSSR count). The highest BCUT2D eigenvalue weighted by Gasteiger charge is 2.23. The SMILES string of the molecule is Nc1nnc([C@H]2Cc3ccccc3CN2)n1N. The average Bonchev–Trinajstić information content (AvgIpc) is 2.70. The zero-order chi connectivity index (χ0) is 11.8. The van der Waals surface area contributed by atoms with Crippen molar-refractivity contribution in [2.45, 2.75) is 19.0 Å². The Morgan fingerprint density at radius 3 is 2.71 bits per heavy atom. The monoisotopic (exact) mass is 230 g/mol. The largest absolute Gasteiger partial charge is 0.366 e. The average molecular weight is 230 g/mol. The first-order valence-corrected chi connectivity index (χ1v) is 5.51. The summed E-state index contributed by atoms with van der Waals surface area (Å²) >= 11 is 0. The molecular formula is C11H14N6. The first-order valence-electron chi connectivity index (χ1n) is 5.51. The summed E-state index contributed by atoms with van der Waals surface area (Å²) in [6.45, 7) is 0.813. The van der Waals surface area contributed by atoms with Crippen molar-refractivity contribution in [3.63, 3.8) is 0 Å². The van der Waals surface area contributed by atoms with Crippen LogP contribution in [-0.2, 0) is 13.0 Å². The minimum Gasteiger partial charge on any atom is -0.366 e. The van der Waals surface area contributed by atoms with E-state index < -0.39 is 0 Å². The highest BCUT2D eigenvalue weighted by atomic mass is 15.5. The van der Waals surface area contributed by atoms with Gasteiger partial charge in [0.1, 0.15) is 0 Å². The van der Waals surface area contributed by atoms with Crippen molar-refractivity contribution in [2.24, 2.45) is 0 Å². The Hall–Kier alpha value is -2.08. The van der Waals surface area contributed by atoms with Crippen molar-refractivity contribution in [3.8, 4) is 0 Å². The fourth-order valence-corrected chi connectivity index (χ4v) is 2.19. The minimum absolute atomic E-state index is 0.0692. The molecule has 0 radical (unpaired) electrons. The summed E-state index contributed by atoms with van der Waals surface area (Å²) in [6, 6.07) is 8.41. The van der Waals surface area contributed by atoms with Crippen LogP contribution in [0.5, 0.6) is 0 Å². The molecule has 17 heavy (non-hydrogen) atoms. The van der Waals surface area contributed by atoms with Gasteiger partial charge in [0, 0.05) is 6.54 Å². The third kappa shape index (κ3) is 1.62. The lowest BCUT2D eigenvalue weighted by molar-refractivity contribution is 0.468. The number of aromatic nitrogens is 3. The molecule has 2 aromatic rings. The van der Waals surface area contributed by atoms with Crippen molar-refractivity contribution >= 4 is 5.95 Å². The van der Waals surface area contributed by atoms with E-state index in [0.717, 1.165) is 13.0 Å². The zero-order valence-electron chi connectivity index (χ0n) is 9.30. The van der Waals surface area contributed by atoms with Crippen LogP contribution < -0.4 is 16.9 Å². The number of fused-ring (bicyclic) bond motifs is 1. The molecule has 0 fully saturated rings. The molecule has 5 N–H and O–H groups in total. The van der Waals surface area contributed by atoms with Crippen LogP contribution in [0.15, 0.2) is 24.3 Å². The number of anilines is 1. The van der Waals surface area contributed by atoms with Gasteiger partial charge in [-0.15, -0.1) is 10.2 Å². The number of nitrogens with one attached hydrogen (secondary N) is 1. The molecule has 1 aliphatic heterocycles. The Kier molecular flexibility index (Phi) is 2.22. The topological polar surface area (TPSA) is 94.8 Å². The quantitative estimate of drug-likeness (QED) is 0.598. The molecule has 1 aliphatic rings. The molecule has 6 heteroatoms. The molecule has 6 nitrogen and oxygen atoms in total. The molecule has 1 aromatic heterocycles. The minimum atomic E-state index is 0.0692. The van der Waals surface area contributed by atoms with Gasteiger partial charge in [0.15, 0.2) is 5.82 Å². The zero-order valence-corrected chi connectivity index (χ0v) is 9.30. The van der Waals surface area contributed by atoms with Crippen LogP contribution in [0.3, 0.4) is 0 Å². The number of benzene rings is 1. The van der Waals surface area contributed by atoms with E-state index in [4.69, 9.17) is 11.6 Å². The van der Waals surface area contributed by atoms with Crippen molar-refractivity contribution < 1.29 is 0 Å². The van der Waals surface area contributed by atoms with Crippen LogP contribution in [0.2, 0.25) is 0 Å². The van der Waals surface area contributed by atoms with Crippen LogP contribution in [0.25, 0.3) is 0 Å². The highest BCUT2D eigenvalue weighted by Crippen LogP contribution is 2.24. The van der Waals surface area contributed by atoms with Gasteiger partial charge in [-0.05, 0) is 17.5 Å². The highest BCUT2D eigenvalue weighted by molar-refractivity contribution is 5.31. The van der Waals surface area contributed by atoms with Crippen LogP contribution in [-0.4, -0.2) is 14.9 Å². The molecule has 0 aliphatic carbocycles. The van der Waals surface area contributed by atoms with Gasteiger partial charge in [-0.1, -0.05) is 24.3 Å². The maximum Gasteiger partial charge on any atom is 0.240 e. The van der Waals surface area contributed by atoms with Gasteiger partial charge >= 0.3 is 0 Å². The Morgan fingerprint density at radius 2 is 2.00 bits per heavy atom. The summed E-state index contributed by atoms with van der Waals surface area (Å²) in [6.07, 6.45) is 0.853. The van der Waals surface area contributed by atoms with E-state index in [2.05, 4.69) is 27.6 Å². The second-order valence-electron chi connectivity index (χ2n) is 4.19. The van der Waals surface area contributed by atoms with Crippen molar-refractivity contribution in [2.75, 3.05) is 11.6 Å². The fourth-order valence-electron chi connectivity index (χ4n) is 2.19. The molecule has 1 atom stereocenters. The van der Waals surface area contributed by atoms with Crippen LogP contribution in [0, 0.1) is 0 Å². The number of nitrogen functional groups attached to an aromatic ring is 2.